The lowest BCUT2D eigenvalue weighted by Crippen LogP contribution is -2.41. The van der Waals surface area contributed by atoms with E-state index in [1.54, 1.807) is 0 Å². The van der Waals surface area contributed by atoms with Crippen molar-refractivity contribution in [2.75, 3.05) is 6.54 Å². The number of amides is 1. The van der Waals surface area contributed by atoms with E-state index in [-0.39, 0.29) is 11.3 Å². The summed E-state index contributed by atoms with van der Waals surface area (Å²) in [6.45, 7) is 6.31. The predicted octanol–water partition coefficient (Wildman–Crippen LogP) is 1.97. The molecule has 4 heteroatoms. The number of nitrogens with two attached hydrogens (primary N) is 1. The van der Waals surface area contributed by atoms with Gasteiger partial charge in [0.15, 0.2) is 0 Å². The molecule has 0 aliphatic heterocycles. The van der Waals surface area contributed by atoms with Crippen LogP contribution in [0.15, 0.2) is 24.3 Å². The van der Waals surface area contributed by atoms with Crippen molar-refractivity contribution in [3.8, 4) is 0 Å². The molecular formula is C14H20N2OS. The summed E-state index contributed by atoms with van der Waals surface area (Å²) >= 11 is 4.96. The van der Waals surface area contributed by atoms with E-state index in [4.69, 9.17) is 18.0 Å². The van der Waals surface area contributed by atoms with Crippen molar-refractivity contribution in [2.45, 2.75) is 27.2 Å². The summed E-state index contributed by atoms with van der Waals surface area (Å²) in [5, 5.41) is 2.87. The molecule has 0 unspecified atom stereocenters. The minimum absolute atomic E-state index is 0.00590. The number of hydrogen-bond acceptors (Lipinski definition) is 2. The highest BCUT2D eigenvalue weighted by molar-refractivity contribution is 7.80. The van der Waals surface area contributed by atoms with Crippen LogP contribution in [-0.2, 0) is 11.2 Å². The molecule has 0 radical (unpaired) electrons. The fraction of sp³-hybridized carbons (Fsp3) is 0.429. The highest BCUT2D eigenvalue weighted by atomic mass is 32.1. The molecule has 0 aromatic heterocycles. The number of aryl methyl sites for hydroxylation is 1. The van der Waals surface area contributed by atoms with Gasteiger partial charge >= 0.3 is 0 Å². The quantitative estimate of drug-likeness (QED) is 0.799. The monoisotopic (exact) mass is 264 g/mol. The van der Waals surface area contributed by atoms with E-state index in [1.165, 1.54) is 0 Å². The Morgan fingerprint density at radius 2 is 2.00 bits per heavy atom. The maximum Gasteiger partial charge on any atom is 0.224 e. The van der Waals surface area contributed by atoms with Crippen molar-refractivity contribution in [1.82, 2.24) is 5.32 Å². The van der Waals surface area contributed by atoms with Crippen LogP contribution in [-0.4, -0.2) is 17.4 Å². The number of hydrogen-bond donors (Lipinski definition) is 2. The molecule has 1 rings (SSSR count). The molecule has 0 heterocycles. The van der Waals surface area contributed by atoms with Crippen LogP contribution in [0.25, 0.3) is 0 Å². The maximum atomic E-state index is 11.8. The van der Waals surface area contributed by atoms with Crippen LogP contribution in [0, 0.1) is 12.3 Å². The molecule has 0 bridgehead atoms. The van der Waals surface area contributed by atoms with Crippen molar-refractivity contribution in [2.24, 2.45) is 11.1 Å². The van der Waals surface area contributed by atoms with Crippen LogP contribution < -0.4 is 11.1 Å². The van der Waals surface area contributed by atoms with Crippen LogP contribution in [0.2, 0.25) is 0 Å². The van der Waals surface area contributed by atoms with Gasteiger partial charge < -0.3 is 11.1 Å². The van der Waals surface area contributed by atoms with Crippen molar-refractivity contribution >= 4 is 23.1 Å². The summed E-state index contributed by atoms with van der Waals surface area (Å²) in [6.07, 6.45) is 0.389. The second-order valence-electron chi connectivity index (χ2n) is 5.13. The molecule has 3 N–H and O–H groups in total. The maximum absolute atomic E-state index is 11.8. The van der Waals surface area contributed by atoms with Gasteiger partial charge in [-0.2, -0.15) is 0 Å². The topological polar surface area (TPSA) is 55.1 Å². The van der Waals surface area contributed by atoms with E-state index in [1.807, 2.05) is 45.0 Å². The minimum Gasteiger partial charge on any atom is -0.393 e. The van der Waals surface area contributed by atoms with E-state index < -0.39 is 0 Å². The Balaban J connectivity index is 2.54. The van der Waals surface area contributed by atoms with Gasteiger partial charge in [-0.15, -0.1) is 0 Å². The Labute approximate surface area is 114 Å². The third kappa shape index (κ3) is 4.11. The Bertz CT molecular complexity index is 455. The Morgan fingerprint density at radius 3 is 2.56 bits per heavy atom. The molecule has 0 spiro atoms. The van der Waals surface area contributed by atoms with Gasteiger partial charge in [0.1, 0.15) is 0 Å². The fourth-order valence-electron chi connectivity index (χ4n) is 1.45. The second kappa shape index (κ2) is 5.96. The SMILES string of the molecule is Cc1ccccc1CC(=O)NCC(C)(C)C(N)=S. The Kier molecular flexibility index (Phi) is 4.84. The molecule has 3 nitrogen and oxygen atoms in total. The highest BCUT2D eigenvalue weighted by Crippen LogP contribution is 2.14. The Hall–Kier alpha value is -1.42. The van der Waals surface area contributed by atoms with Crippen LogP contribution in [0.3, 0.4) is 0 Å². The lowest BCUT2D eigenvalue weighted by Gasteiger charge is -2.23. The molecule has 98 valence electrons. The molecule has 0 saturated carbocycles. The van der Waals surface area contributed by atoms with Crippen LogP contribution in [0.1, 0.15) is 25.0 Å². The molecule has 1 amide bonds. The number of carbonyl (C=O) groups excluding carboxylic acids is 1. The summed E-state index contributed by atoms with van der Waals surface area (Å²) in [5.41, 5.74) is 7.43. The van der Waals surface area contributed by atoms with Crippen molar-refractivity contribution in [3.05, 3.63) is 35.4 Å². The van der Waals surface area contributed by atoms with E-state index in [0.29, 0.717) is 18.0 Å². The van der Waals surface area contributed by atoms with Gasteiger partial charge in [0.05, 0.1) is 11.4 Å². The first-order valence-corrected chi connectivity index (χ1v) is 6.35. The van der Waals surface area contributed by atoms with Crippen LogP contribution >= 0.6 is 12.2 Å². The molecule has 18 heavy (non-hydrogen) atoms. The number of rotatable bonds is 5. The van der Waals surface area contributed by atoms with Gasteiger partial charge in [0.25, 0.3) is 0 Å². The number of nitrogens with one attached hydrogen (secondary N) is 1. The largest absolute Gasteiger partial charge is 0.393 e. The Morgan fingerprint density at radius 1 is 1.39 bits per heavy atom. The zero-order chi connectivity index (χ0) is 13.8. The third-order valence-corrected chi connectivity index (χ3v) is 3.56. The van der Waals surface area contributed by atoms with E-state index in [9.17, 15) is 4.79 Å². The van der Waals surface area contributed by atoms with Crippen molar-refractivity contribution in [3.63, 3.8) is 0 Å². The van der Waals surface area contributed by atoms with Gasteiger partial charge in [-0.3, -0.25) is 4.79 Å². The van der Waals surface area contributed by atoms with Gasteiger partial charge in [-0.05, 0) is 18.1 Å². The standard InChI is InChI=1S/C14H20N2OS/c1-10-6-4-5-7-11(10)8-12(17)16-9-14(2,3)13(15)18/h4-7H,8-9H2,1-3H3,(H2,15,18)(H,16,17). The summed E-state index contributed by atoms with van der Waals surface area (Å²) in [7, 11) is 0. The number of carbonyl (C=O) groups is 1. The van der Waals surface area contributed by atoms with Gasteiger partial charge in [0, 0.05) is 12.0 Å². The predicted molar refractivity (Wildman–Crippen MR) is 78.5 cm³/mol. The zero-order valence-electron chi connectivity index (χ0n) is 11.1. The molecule has 0 fully saturated rings. The first-order chi connectivity index (χ1) is 8.33. The van der Waals surface area contributed by atoms with E-state index in [2.05, 4.69) is 5.32 Å². The summed E-state index contributed by atoms with van der Waals surface area (Å²) in [6, 6.07) is 7.87. The second-order valence-corrected chi connectivity index (χ2v) is 5.57. The van der Waals surface area contributed by atoms with Gasteiger partial charge in [0.2, 0.25) is 5.91 Å². The fourth-order valence-corrected chi connectivity index (χ4v) is 1.52. The average molecular weight is 264 g/mol. The molecule has 0 aliphatic rings. The lowest BCUT2D eigenvalue weighted by atomic mass is 9.93. The first-order valence-electron chi connectivity index (χ1n) is 5.94. The third-order valence-electron chi connectivity index (χ3n) is 3.01. The highest BCUT2D eigenvalue weighted by Gasteiger charge is 2.22. The lowest BCUT2D eigenvalue weighted by molar-refractivity contribution is -0.120. The molecule has 1 aromatic carbocycles. The van der Waals surface area contributed by atoms with Gasteiger partial charge in [-0.25, -0.2) is 0 Å². The van der Waals surface area contributed by atoms with Crippen molar-refractivity contribution in [1.29, 1.82) is 0 Å². The zero-order valence-corrected chi connectivity index (χ0v) is 11.9. The van der Waals surface area contributed by atoms with Crippen LogP contribution in [0.5, 0.6) is 0 Å². The summed E-state index contributed by atoms with van der Waals surface area (Å²) < 4.78 is 0. The van der Waals surface area contributed by atoms with Crippen molar-refractivity contribution < 1.29 is 4.79 Å². The summed E-state index contributed by atoms with van der Waals surface area (Å²) in [4.78, 5) is 12.3. The minimum atomic E-state index is -0.350. The normalized spacial score (nSPS) is 11.1. The average Bonchev–Trinajstić information content (AvgIpc) is 2.29. The molecule has 0 atom stereocenters. The number of benzene rings is 1. The molecule has 1 aromatic rings. The number of thiocarbonyl (C=S) groups is 1. The molecule has 0 aliphatic carbocycles. The van der Waals surface area contributed by atoms with Crippen LogP contribution in [0.4, 0.5) is 0 Å². The summed E-state index contributed by atoms with van der Waals surface area (Å²) in [5.74, 6) is -0.00590. The molecular weight excluding hydrogens is 244 g/mol. The van der Waals surface area contributed by atoms with E-state index >= 15 is 0 Å². The molecule has 0 saturated heterocycles. The van der Waals surface area contributed by atoms with Gasteiger partial charge in [-0.1, -0.05) is 50.3 Å². The van der Waals surface area contributed by atoms with E-state index in [0.717, 1.165) is 11.1 Å². The first kappa shape index (κ1) is 14.6. The smallest absolute Gasteiger partial charge is 0.224 e.